The quantitative estimate of drug-likeness (QED) is 0.281. The number of carbonyl (C=O) groups is 4. The summed E-state index contributed by atoms with van der Waals surface area (Å²) in [7, 11) is 0. The smallest absolute Gasteiger partial charge is 0.267 e. The summed E-state index contributed by atoms with van der Waals surface area (Å²) < 4.78 is 27.0. The van der Waals surface area contributed by atoms with Crippen molar-refractivity contribution in [1.82, 2.24) is 9.80 Å². The molecule has 0 saturated carbocycles. The van der Waals surface area contributed by atoms with Gasteiger partial charge >= 0.3 is 0 Å². The van der Waals surface area contributed by atoms with Crippen LogP contribution in [0, 0.1) is 11.6 Å². The van der Waals surface area contributed by atoms with Crippen LogP contribution in [0.3, 0.4) is 0 Å². The van der Waals surface area contributed by atoms with Crippen LogP contribution in [0.25, 0.3) is 0 Å². The second-order valence-corrected chi connectivity index (χ2v) is 12.3. The Balaban J connectivity index is 1.34. The molecule has 4 amide bonds. The van der Waals surface area contributed by atoms with E-state index in [9.17, 15) is 28.0 Å². The number of benzene rings is 2. The Labute approximate surface area is 255 Å². The number of hydrogen-bond acceptors (Lipinski definition) is 8. The van der Waals surface area contributed by atoms with E-state index in [4.69, 9.17) is 47.6 Å². The molecule has 8 nitrogen and oxygen atoms in total. The molecule has 2 aliphatic heterocycles. The van der Waals surface area contributed by atoms with Gasteiger partial charge in [-0.15, -0.1) is 0 Å². The minimum absolute atomic E-state index is 0.0528. The van der Waals surface area contributed by atoms with Gasteiger partial charge in [0.1, 0.15) is 20.3 Å². The zero-order valence-corrected chi connectivity index (χ0v) is 24.7. The molecule has 2 heterocycles. The Hall–Kier alpha value is -2.62. The number of nitrogens with zero attached hydrogens (tertiary/aromatic N) is 2. The van der Waals surface area contributed by atoms with E-state index in [0.29, 0.717) is 11.4 Å². The number of hydrogen-bond donors (Lipinski definition) is 2. The molecule has 40 heavy (non-hydrogen) atoms. The lowest BCUT2D eigenvalue weighted by Crippen LogP contribution is -2.33. The van der Waals surface area contributed by atoms with Crippen LogP contribution in [-0.4, -0.2) is 55.2 Å². The molecule has 2 aromatic carbocycles. The monoisotopic (exact) mass is 660 g/mol. The number of carbonyl (C=O) groups excluding carboxylic acids is 4. The Bertz CT molecular complexity index is 1400. The van der Waals surface area contributed by atoms with Crippen molar-refractivity contribution in [3.05, 3.63) is 67.9 Å². The number of rotatable bonds is 8. The minimum atomic E-state index is -0.624. The zero-order valence-electron chi connectivity index (χ0n) is 20.0. The second kappa shape index (κ2) is 12.9. The van der Waals surface area contributed by atoms with E-state index in [1.165, 1.54) is 34.1 Å². The van der Waals surface area contributed by atoms with Gasteiger partial charge in [-0.3, -0.25) is 29.0 Å². The highest BCUT2D eigenvalue weighted by molar-refractivity contribution is 8.29. The number of anilines is 2. The van der Waals surface area contributed by atoms with Crippen LogP contribution in [0.1, 0.15) is 12.8 Å². The van der Waals surface area contributed by atoms with Gasteiger partial charge in [-0.05, 0) is 36.4 Å². The predicted molar refractivity (Wildman–Crippen MR) is 160 cm³/mol. The van der Waals surface area contributed by atoms with Crippen LogP contribution >= 0.6 is 71.2 Å². The van der Waals surface area contributed by atoms with Crippen molar-refractivity contribution < 1.29 is 28.0 Å². The molecule has 0 aromatic heterocycles. The molecule has 0 radical (unpaired) electrons. The number of amides is 4. The van der Waals surface area contributed by atoms with Gasteiger partial charge in [0.05, 0.1) is 19.9 Å². The standard InChI is InChI=1S/C24H16Cl2F2N4O4S4/c25-13-9-11(1-3-15(13)27)29-17(33)5-7-31-21(35)19(39-23(31)37)20-22(36)32(24(38)40-20)8-6-18(34)30-12-2-4-16(28)14(26)10-12/h1-4,9-10H,5-8H2,(H,29,33)(H,30,34)/b20-19+. The van der Waals surface area contributed by atoms with E-state index in [-0.39, 0.29) is 54.4 Å². The Morgan fingerprint density at radius 2 is 1.12 bits per heavy atom. The third kappa shape index (κ3) is 6.98. The maximum absolute atomic E-state index is 13.3. The van der Waals surface area contributed by atoms with E-state index in [1.54, 1.807) is 0 Å². The van der Waals surface area contributed by atoms with Gasteiger partial charge < -0.3 is 10.6 Å². The van der Waals surface area contributed by atoms with Crippen LogP contribution in [0.15, 0.2) is 46.2 Å². The van der Waals surface area contributed by atoms with E-state index >= 15 is 0 Å². The first-order chi connectivity index (χ1) is 18.9. The maximum Gasteiger partial charge on any atom is 0.267 e. The van der Waals surface area contributed by atoms with Crippen molar-refractivity contribution in [2.45, 2.75) is 12.8 Å². The molecule has 0 bridgehead atoms. The van der Waals surface area contributed by atoms with Crippen LogP contribution in [0.4, 0.5) is 20.2 Å². The van der Waals surface area contributed by atoms with E-state index in [0.717, 1.165) is 35.7 Å². The van der Waals surface area contributed by atoms with Gasteiger partial charge in [0.2, 0.25) is 11.8 Å². The third-order valence-electron chi connectivity index (χ3n) is 5.44. The van der Waals surface area contributed by atoms with Gasteiger partial charge in [-0.2, -0.15) is 0 Å². The highest BCUT2D eigenvalue weighted by Crippen LogP contribution is 2.42. The molecular formula is C24H16Cl2F2N4O4S4. The van der Waals surface area contributed by atoms with E-state index < -0.39 is 35.3 Å². The average Bonchev–Trinajstić information content (AvgIpc) is 3.34. The molecule has 208 valence electrons. The van der Waals surface area contributed by atoms with Crippen LogP contribution in [0.2, 0.25) is 10.0 Å². The van der Waals surface area contributed by atoms with Gasteiger partial charge in [0, 0.05) is 37.3 Å². The normalized spacial score (nSPS) is 17.2. The van der Waals surface area contributed by atoms with Crippen LogP contribution in [0.5, 0.6) is 0 Å². The molecule has 0 unspecified atom stereocenters. The first kappa shape index (κ1) is 30.3. The molecular weight excluding hydrogens is 645 g/mol. The van der Waals surface area contributed by atoms with E-state index in [1.807, 2.05) is 0 Å². The summed E-state index contributed by atoms with van der Waals surface area (Å²) in [6, 6.07) is 7.45. The fourth-order valence-corrected chi connectivity index (χ4v) is 6.61. The molecule has 2 fully saturated rings. The first-order valence-corrected chi connectivity index (χ1v) is 14.5. The molecule has 2 saturated heterocycles. The van der Waals surface area contributed by atoms with Crippen molar-refractivity contribution in [3.63, 3.8) is 0 Å². The highest BCUT2D eigenvalue weighted by Gasteiger charge is 2.42. The number of nitrogens with one attached hydrogen (secondary N) is 2. The summed E-state index contributed by atoms with van der Waals surface area (Å²) >= 11 is 23.9. The molecule has 16 heteroatoms. The zero-order chi connectivity index (χ0) is 29.1. The first-order valence-electron chi connectivity index (χ1n) is 11.3. The van der Waals surface area contributed by atoms with Gasteiger partial charge in [-0.25, -0.2) is 8.78 Å². The number of thioether (sulfide) groups is 2. The van der Waals surface area contributed by atoms with Crippen molar-refractivity contribution in [3.8, 4) is 0 Å². The fraction of sp³-hybridized carbons (Fsp3) is 0.167. The summed E-state index contributed by atoms with van der Waals surface area (Å²) in [5.41, 5.74) is 0.584. The maximum atomic E-state index is 13.3. The average molecular weight is 662 g/mol. The summed E-state index contributed by atoms with van der Waals surface area (Å²) in [4.78, 5) is 53.4. The topological polar surface area (TPSA) is 98.8 Å². The number of thiocarbonyl (C=S) groups is 2. The summed E-state index contributed by atoms with van der Waals surface area (Å²) in [6.07, 6.45) is -0.242. The fourth-order valence-electron chi connectivity index (χ4n) is 3.48. The minimum Gasteiger partial charge on any atom is -0.326 e. The van der Waals surface area contributed by atoms with Crippen LogP contribution in [-0.2, 0) is 19.2 Å². The van der Waals surface area contributed by atoms with Gasteiger partial charge in [-0.1, -0.05) is 71.2 Å². The predicted octanol–water partition coefficient (Wildman–Crippen LogP) is 5.56. The van der Waals surface area contributed by atoms with Crippen molar-refractivity contribution >= 4 is 115 Å². The van der Waals surface area contributed by atoms with Crippen molar-refractivity contribution in [1.29, 1.82) is 0 Å². The Morgan fingerprint density at radius 3 is 1.48 bits per heavy atom. The second-order valence-electron chi connectivity index (χ2n) is 8.16. The summed E-state index contributed by atoms with van der Waals surface area (Å²) in [5, 5.41) is 4.83. The lowest BCUT2D eigenvalue weighted by atomic mass is 10.3. The Morgan fingerprint density at radius 1 is 0.750 bits per heavy atom. The number of halogens is 4. The third-order valence-corrected chi connectivity index (χ3v) is 9.04. The SMILES string of the molecule is O=C(CCN1C(=O)/C(=C2\SC(=S)N(CCC(=O)Nc3ccc(F)c(Cl)c3)C2=O)SC1=S)Nc1ccc(F)c(Cl)c1. The van der Waals surface area contributed by atoms with Crippen molar-refractivity contribution in [2.75, 3.05) is 23.7 Å². The largest absolute Gasteiger partial charge is 0.326 e. The lowest BCUT2D eigenvalue weighted by molar-refractivity contribution is -0.125. The summed E-state index contributed by atoms with van der Waals surface area (Å²) in [6.45, 7) is -0.106. The summed E-state index contributed by atoms with van der Waals surface area (Å²) in [5.74, 6) is -3.24. The molecule has 0 spiro atoms. The molecule has 0 aliphatic carbocycles. The Kier molecular flexibility index (Phi) is 9.80. The molecule has 2 N–H and O–H groups in total. The molecule has 2 aromatic rings. The van der Waals surface area contributed by atoms with Gasteiger partial charge in [0.25, 0.3) is 11.8 Å². The van der Waals surface area contributed by atoms with Crippen molar-refractivity contribution in [2.24, 2.45) is 0 Å². The van der Waals surface area contributed by atoms with E-state index in [2.05, 4.69) is 10.6 Å². The van der Waals surface area contributed by atoms with Crippen LogP contribution < -0.4 is 10.6 Å². The lowest BCUT2D eigenvalue weighted by Gasteiger charge is -2.15. The molecule has 2 aliphatic rings. The van der Waals surface area contributed by atoms with Gasteiger partial charge in [0.15, 0.2) is 0 Å². The molecule has 4 rings (SSSR count). The molecule has 0 atom stereocenters. The highest BCUT2D eigenvalue weighted by atomic mass is 35.5.